The van der Waals surface area contributed by atoms with Gasteiger partial charge in [0, 0.05) is 13.1 Å². The second-order valence-corrected chi connectivity index (χ2v) is 2.30. The van der Waals surface area contributed by atoms with Crippen LogP contribution in [0, 0.1) is 0 Å². The third-order valence-electron chi connectivity index (χ3n) is 1.26. The van der Waals surface area contributed by atoms with E-state index in [0.29, 0.717) is 13.1 Å². The number of aliphatic carboxylic acids is 1. The number of amides is 1. The van der Waals surface area contributed by atoms with Crippen molar-refractivity contribution in [2.75, 3.05) is 13.1 Å². The van der Waals surface area contributed by atoms with Crippen LogP contribution in [0.4, 0.5) is 0 Å². The SMILES string of the molecule is NCCNC(CC(=O)O)C(N)=O. The van der Waals surface area contributed by atoms with Crippen LogP contribution < -0.4 is 16.8 Å². The molecule has 12 heavy (non-hydrogen) atoms. The molecule has 0 radical (unpaired) electrons. The van der Waals surface area contributed by atoms with Crippen molar-refractivity contribution >= 4 is 11.9 Å². The summed E-state index contributed by atoms with van der Waals surface area (Å²) in [5, 5.41) is 11.0. The number of rotatable bonds is 6. The Balaban J connectivity index is 3.87. The lowest BCUT2D eigenvalue weighted by Gasteiger charge is -2.11. The average Bonchev–Trinajstić information content (AvgIpc) is 1.96. The lowest BCUT2D eigenvalue weighted by Crippen LogP contribution is -2.44. The molecule has 6 nitrogen and oxygen atoms in total. The predicted molar refractivity (Wildman–Crippen MR) is 42.3 cm³/mol. The Bertz CT molecular complexity index is 171. The van der Waals surface area contributed by atoms with Crippen molar-refractivity contribution in [3.8, 4) is 0 Å². The van der Waals surface area contributed by atoms with Crippen LogP contribution in [0.2, 0.25) is 0 Å². The van der Waals surface area contributed by atoms with Gasteiger partial charge in [0.25, 0.3) is 0 Å². The number of carbonyl (C=O) groups is 2. The highest BCUT2D eigenvalue weighted by Crippen LogP contribution is 1.89. The lowest BCUT2D eigenvalue weighted by molar-refractivity contribution is -0.139. The Labute approximate surface area is 69.9 Å². The molecule has 0 aromatic carbocycles. The topological polar surface area (TPSA) is 118 Å². The van der Waals surface area contributed by atoms with E-state index < -0.39 is 17.9 Å². The molecule has 0 aromatic rings. The maximum absolute atomic E-state index is 10.6. The third kappa shape index (κ3) is 4.64. The quantitative estimate of drug-likeness (QED) is 0.367. The fraction of sp³-hybridized carbons (Fsp3) is 0.667. The maximum Gasteiger partial charge on any atom is 0.305 e. The molecule has 1 unspecified atom stereocenters. The molecule has 0 aliphatic rings. The maximum atomic E-state index is 10.6. The molecule has 6 heteroatoms. The molecule has 0 spiro atoms. The first kappa shape index (κ1) is 10.9. The van der Waals surface area contributed by atoms with E-state index in [-0.39, 0.29) is 6.42 Å². The van der Waals surface area contributed by atoms with Gasteiger partial charge in [-0.3, -0.25) is 9.59 Å². The van der Waals surface area contributed by atoms with Crippen molar-refractivity contribution < 1.29 is 14.7 Å². The van der Waals surface area contributed by atoms with Gasteiger partial charge in [0.15, 0.2) is 0 Å². The van der Waals surface area contributed by atoms with Crippen LogP contribution >= 0.6 is 0 Å². The van der Waals surface area contributed by atoms with Crippen molar-refractivity contribution in [1.82, 2.24) is 5.32 Å². The van der Waals surface area contributed by atoms with E-state index in [0.717, 1.165) is 0 Å². The number of primary amides is 1. The van der Waals surface area contributed by atoms with E-state index in [1.165, 1.54) is 0 Å². The van der Waals surface area contributed by atoms with Gasteiger partial charge in [-0.15, -0.1) is 0 Å². The first-order valence-corrected chi connectivity index (χ1v) is 3.52. The summed E-state index contributed by atoms with van der Waals surface area (Å²) in [4.78, 5) is 20.8. The minimum Gasteiger partial charge on any atom is -0.481 e. The van der Waals surface area contributed by atoms with Crippen molar-refractivity contribution in [2.24, 2.45) is 11.5 Å². The number of carboxylic acid groups (broad SMARTS) is 1. The van der Waals surface area contributed by atoms with Gasteiger partial charge in [-0.1, -0.05) is 0 Å². The van der Waals surface area contributed by atoms with Gasteiger partial charge in [-0.05, 0) is 0 Å². The first-order chi connectivity index (χ1) is 5.57. The van der Waals surface area contributed by atoms with Crippen LogP contribution in [0.3, 0.4) is 0 Å². The number of hydrogen-bond donors (Lipinski definition) is 4. The van der Waals surface area contributed by atoms with Gasteiger partial charge >= 0.3 is 5.97 Å². The van der Waals surface area contributed by atoms with Gasteiger partial charge in [0.1, 0.15) is 0 Å². The Morgan fingerprint density at radius 2 is 2.08 bits per heavy atom. The van der Waals surface area contributed by atoms with E-state index in [1.807, 2.05) is 0 Å². The largest absolute Gasteiger partial charge is 0.481 e. The van der Waals surface area contributed by atoms with Crippen molar-refractivity contribution in [1.29, 1.82) is 0 Å². The Morgan fingerprint density at radius 1 is 1.50 bits per heavy atom. The Morgan fingerprint density at radius 3 is 2.42 bits per heavy atom. The summed E-state index contributed by atoms with van der Waals surface area (Å²) in [7, 11) is 0. The predicted octanol–water partition coefficient (Wildman–Crippen LogP) is -2.14. The third-order valence-corrected chi connectivity index (χ3v) is 1.26. The highest BCUT2D eigenvalue weighted by atomic mass is 16.4. The Kier molecular flexibility index (Phi) is 4.98. The molecule has 0 bridgehead atoms. The van der Waals surface area contributed by atoms with Crippen LogP contribution in [-0.2, 0) is 9.59 Å². The van der Waals surface area contributed by atoms with E-state index in [2.05, 4.69) is 5.32 Å². The molecule has 1 amide bonds. The molecule has 0 saturated heterocycles. The van der Waals surface area contributed by atoms with Crippen LogP contribution in [0.15, 0.2) is 0 Å². The fourth-order valence-corrected chi connectivity index (χ4v) is 0.706. The molecule has 0 heterocycles. The van der Waals surface area contributed by atoms with Gasteiger partial charge in [0.05, 0.1) is 12.5 Å². The molecule has 6 N–H and O–H groups in total. The first-order valence-electron chi connectivity index (χ1n) is 3.52. The zero-order chi connectivity index (χ0) is 9.56. The number of hydrogen-bond acceptors (Lipinski definition) is 4. The van der Waals surface area contributed by atoms with Gasteiger partial charge < -0.3 is 21.9 Å². The highest BCUT2D eigenvalue weighted by molar-refractivity contribution is 5.84. The normalized spacial score (nSPS) is 12.4. The standard InChI is InChI=1S/C6H13N3O3/c7-1-2-9-4(6(8)12)3-5(10)11/h4,9H,1-3,7H2,(H2,8,12)(H,10,11). The monoisotopic (exact) mass is 175 g/mol. The summed E-state index contributed by atoms with van der Waals surface area (Å²) >= 11 is 0. The molecule has 1 atom stereocenters. The number of nitrogens with two attached hydrogens (primary N) is 2. The molecule has 0 saturated carbocycles. The summed E-state index contributed by atoms with van der Waals surface area (Å²) < 4.78 is 0. The summed E-state index contributed by atoms with van der Waals surface area (Å²) in [5.41, 5.74) is 10.1. The average molecular weight is 175 g/mol. The van der Waals surface area contributed by atoms with Gasteiger partial charge in [-0.25, -0.2) is 0 Å². The molecule has 0 aromatic heterocycles. The van der Waals surface area contributed by atoms with Crippen LogP contribution in [0.25, 0.3) is 0 Å². The van der Waals surface area contributed by atoms with Crippen LogP contribution in [0.1, 0.15) is 6.42 Å². The van der Waals surface area contributed by atoms with Gasteiger partial charge in [-0.2, -0.15) is 0 Å². The molecular formula is C6H13N3O3. The number of carbonyl (C=O) groups excluding carboxylic acids is 1. The lowest BCUT2D eigenvalue weighted by atomic mass is 10.2. The minimum atomic E-state index is -1.07. The van der Waals surface area contributed by atoms with Crippen molar-refractivity contribution in [3.63, 3.8) is 0 Å². The van der Waals surface area contributed by atoms with Crippen molar-refractivity contribution in [2.45, 2.75) is 12.5 Å². The summed E-state index contributed by atoms with van der Waals surface area (Å²) in [5.74, 6) is -1.74. The zero-order valence-electron chi connectivity index (χ0n) is 6.62. The summed E-state index contributed by atoms with van der Waals surface area (Å²) in [6.07, 6.45) is -0.310. The number of nitrogens with one attached hydrogen (secondary N) is 1. The molecule has 0 fully saturated rings. The van der Waals surface area contributed by atoms with E-state index in [9.17, 15) is 9.59 Å². The van der Waals surface area contributed by atoms with Gasteiger partial charge in [0.2, 0.25) is 5.91 Å². The van der Waals surface area contributed by atoms with Crippen molar-refractivity contribution in [3.05, 3.63) is 0 Å². The molecule has 70 valence electrons. The fourth-order valence-electron chi connectivity index (χ4n) is 0.706. The number of carboxylic acids is 1. The highest BCUT2D eigenvalue weighted by Gasteiger charge is 2.17. The molecule has 0 aliphatic carbocycles. The van der Waals surface area contributed by atoms with E-state index in [4.69, 9.17) is 16.6 Å². The Hall–Kier alpha value is -1.14. The molecular weight excluding hydrogens is 162 g/mol. The second kappa shape index (κ2) is 5.50. The summed E-state index contributed by atoms with van der Waals surface area (Å²) in [6.45, 7) is 0.713. The molecule has 0 rings (SSSR count). The van der Waals surface area contributed by atoms with E-state index >= 15 is 0 Å². The van der Waals surface area contributed by atoms with Crippen LogP contribution in [0.5, 0.6) is 0 Å². The zero-order valence-corrected chi connectivity index (χ0v) is 6.62. The smallest absolute Gasteiger partial charge is 0.305 e. The summed E-state index contributed by atoms with van der Waals surface area (Å²) in [6, 6.07) is -0.828. The second-order valence-electron chi connectivity index (χ2n) is 2.30. The minimum absolute atomic E-state index is 0.310. The molecule has 0 aliphatic heterocycles. The van der Waals surface area contributed by atoms with E-state index in [1.54, 1.807) is 0 Å². The van der Waals surface area contributed by atoms with Crippen LogP contribution in [-0.4, -0.2) is 36.1 Å².